The number of rotatable bonds is 8. The second-order valence-corrected chi connectivity index (χ2v) is 25.9. The first kappa shape index (κ1) is 32.8. The van der Waals surface area contributed by atoms with E-state index in [0.717, 1.165) is 34.0 Å². The van der Waals surface area contributed by atoms with Crippen molar-refractivity contribution in [3.8, 4) is 0 Å². The van der Waals surface area contributed by atoms with E-state index >= 15 is 0 Å². The van der Waals surface area contributed by atoms with Crippen molar-refractivity contribution in [2.75, 3.05) is 0 Å². The van der Waals surface area contributed by atoms with Gasteiger partial charge in [-0.25, -0.2) is 0 Å². The van der Waals surface area contributed by atoms with Crippen LogP contribution in [-0.2, 0) is 12.8 Å². The molecule has 0 rings (SSSR count). The molecule has 0 atom stereocenters. The summed E-state index contributed by atoms with van der Waals surface area (Å²) in [6.07, 6.45) is 0. The van der Waals surface area contributed by atoms with E-state index in [0.29, 0.717) is 0 Å². The Balaban J connectivity index is -0.000000316. The Morgan fingerprint density at radius 1 is 0.615 bits per heavy atom. The molecule has 0 aromatic heterocycles. The molecule has 0 unspecified atom stereocenters. The van der Waals surface area contributed by atoms with Crippen LogP contribution >= 0.6 is 45.0 Å². The van der Waals surface area contributed by atoms with Gasteiger partial charge in [0, 0.05) is 0 Å². The minimum Gasteiger partial charge on any atom is -0.0988 e. The van der Waals surface area contributed by atoms with E-state index in [1.807, 2.05) is 0 Å². The maximum atomic E-state index is 5.38. The Labute approximate surface area is 185 Å². The van der Waals surface area contributed by atoms with Crippen LogP contribution in [0.2, 0.25) is 0 Å². The SMILES string of the molecule is C=C[S][Ru]([Cl])[Cl].CC(C)P(C(C)C)C(C)C.CC(C)P(C(C)C)C(C)C. The standard InChI is InChI=1S/2C9H21P.C2H4S.2ClH.Ru/c2*1-7(2)10(8(3)4)9(5)6;1-2-3;;;/h2*7-9H,1-6H3;2-3H,1H2;2*1H;/q;;;;;+3/p-3. The monoisotopic (exact) mass is 551 g/mol. The normalized spacial score (nSPS) is 12.2. The van der Waals surface area contributed by atoms with Crippen LogP contribution in [0.5, 0.6) is 0 Å². The van der Waals surface area contributed by atoms with Gasteiger partial charge in [-0.2, -0.15) is 0 Å². The molecule has 0 amide bonds. The molecule has 0 aliphatic carbocycles. The molecule has 0 N–H and O–H groups in total. The summed E-state index contributed by atoms with van der Waals surface area (Å²) in [6, 6.07) is 0. The zero-order valence-electron chi connectivity index (χ0n) is 19.2. The van der Waals surface area contributed by atoms with Crippen LogP contribution in [0.4, 0.5) is 0 Å². The summed E-state index contributed by atoms with van der Waals surface area (Å²) in [5.41, 5.74) is 5.39. The van der Waals surface area contributed by atoms with Crippen molar-refractivity contribution in [1.29, 1.82) is 0 Å². The minimum absolute atomic E-state index is 0.262. The fraction of sp³-hybridized carbons (Fsp3) is 0.900. The molecule has 0 saturated carbocycles. The van der Waals surface area contributed by atoms with Gasteiger partial charge in [-0.05, 0) is 34.0 Å². The van der Waals surface area contributed by atoms with Crippen molar-refractivity contribution in [3.63, 3.8) is 0 Å². The first-order chi connectivity index (χ1) is 11.7. The molecule has 163 valence electrons. The molecule has 0 heterocycles. The molecule has 0 spiro atoms. The van der Waals surface area contributed by atoms with Crippen LogP contribution in [0.15, 0.2) is 12.0 Å². The van der Waals surface area contributed by atoms with Crippen molar-refractivity contribution in [2.24, 2.45) is 0 Å². The third-order valence-corrected chi connectivity index (χ3v) is 15.1. The quantitative estimate of drug-likeness (QED) is 0.214. The first-order valence-corrected chi connectivity index (χ1v) is 20.0. The molecule has 6 heteroatoms. The fourth-order valence-electron chi connectivity index (χ4n) is 3.62. The molecule has 0 aromatic rings. The molecule has 0 bridgehead atoms. The zero-order chi connectivity index (χ0) is 21.6. The summed E-state index contributed by atoms with van der Waals surface area (Å²) in [5.74, 6) is 0. The van der Waals surface area contributed by atoms with Crippen molar-refractivity contribution in [2.45, 2.75) is 117 Å². The molecule has 0 saturated heterocycles. The number of hydrogen-bond donors (Lipinski definition) is 0. The summed E-state index contributed by atoms with van der Waals surface area (Å²) in [4.78, 5) is 0. The van der Waals surface area contributed by atoms with E-state index < -0.39 is 12.8 Å². The van der Waals surface area contributed by atoms with Crippen LogP contribution in [-0.4, -0.2) is 34.0 Å². The Hall–Kier alpha value is 2.15. The largest absolute Gasteiger partial charge is 0.0988 e. The smallest absolute Gasteiger partial charge is 0.0261 e. The predicted octanol–water partition coefficient (Wildman–Crippen LogP) is 10.1. The van der Waals surface area contributed by atoms with Gasteiger partial charge in [-0.15, -0.1) is 0 Å². The van der Waals surface area contributed by atoms with Crippen LogP contribution in [0.25, 0.3) is 0 Å². The first-order valence-electron chi connectivity index (χ1n) is 9.53. The van der Waals surface area contributed by atoms with Crippen LogP contribution in [0.3, 0.4) is 0 Å². The van der Waals surface area contributed by atoms with E-state index in [1.165, 1.54) is 9.75 Å². The van der Waals surface area contributed by atoms with Gasteiger partial charge in [0.1, 0.15) is 0 Å². The third kappa shape index (κ3) is 19.5. The van der Waals surface area contributed by atoms with Crippen molar-refractivity contribution < 1.29 is 12.8 Å². The maximum Gasteiger partial charge on any atom is -0.0261 e. The van der Waals surface area contributed by atoms with Crippen molar-refractivity contribution >= 4 is 45.0 Å². The Kier molecular flexibility index (Phi) is 24.1. The number of halogens is 2. The second kappa shape index (κ2) is 19.1. The van der Waals surface area contributed by atoms with Gasteiger partial charge < -0.3 is 0 Å². The van der Waals surface area contributed by atoms with E-state index in [-0.39, 0.29) is 15.8 Å². The van der Waals surface area contributed by atoms with Gasteiger partial charge in [0.05, 0.1) is 0 Å². The van der Waals surface area contributed by atoms with Crippen LogP contribution in [0.1, 0.15) is 83.1 Å². The zero-order valence-corrected chi connectivity index (χ0v) is 25.0. The molecule has 0 fully saturated rings. The maximum absolute atomic E-state index is 5.38. The topological polar surface area (TPSA) is 0 Å². The second-order valence-electron chi connectivity index (χ2n) is 7.87. The van der Waals surface area contributed by atoms with Crippen LogP contribution in [0, 0.1) is 0 Å². The van der Waals surface area contributed by atoms with Gasteiger partial charge in [0.15, 0.2) is 0 Å². The van der Waals surface area contributed by atoms with Gasteiger partial charge in [-0.1, -0.05) is 98.9 Å². The van der Waals surface area contributed by atoms with Crippen molar-refractivity contribution in [1.82, 2.24) is 0 Å². The van der Waals surface area contributed by atoms with E-state index in [2.05, 4.69) is 89.7 Å². The molecule has 0 radical (unpaired) electrons. The molecular weight excluding hydrogens is 506 g/mol. The molecule has 0 nitrogen and oxygen atoms in total. The molecule has 0 aliphatic heterocycles. The van der Waals surface area contributed by atoms with Gasteiger partial charge >= 0.3 is 53.9 Å². The summed E-state index contributed by atoms with van der Waals surface area (Å²) >= 11 is -1.46. The Morgan fingerprint density at radius 2 is 0.808 bits per heavy atom. The van der Waals surface area contributed by atoms with Crippen LogP contribution < -0.4 is 0 Å². The molecule has 0 aromatic carbocycles. The number of hydrogen-bond acceptors (Lipinski definition) is 1. The van der Waals surface area contributed by atoms with Gasteiger partial charge in [0.2, 0.25) is 0 Å². The van der Waals surface area contributed by atoms with E-state index in [9.17, 15) is 0 Å². The summed E-state index contributed by atoms with van der Waals surface area (Å²) in [7, 11) is 12.7. The third-order valence-electron chi connectivity index (χ3n) is 3.70. The minimum atomic E-state index is -1.46. The van der Waals surface area contributed by atoms with E-state index in [4.69, 9.17) is 19.4 Å². The van der Waals surface area contributed by atoms with Crippen molar-refractivity contribution in [3.05, 3.63) is 12.0 Å². The average molecular weight is 552 g/mol. The average Bonchev–Trinajstić information content (AvgIpc) is 2.35. The predicted molar refractivity (Wildman–Crippen MR) is 134 cm³/mol. The summed E-state index contributed by atoms with van der Waals surface area (Å²) in [6.45, 7) is 31.7. The molecule has 26 heavy (non-hydrogen) atoms. The summed E-state index contributed by atoms with van der Waals surface area (Å²) in [5, 5.41) is 1.67. The Morgan fingerprint density at radius 3 is 0.808 bits per heavy atom. The van der Waals surface area contributed by atoms with Gasteiger partial charge in [-0.3, -0.25) is 0 Å². The van der Waals surface area contributed by atoms with E-state index in [1.54, 1.807) is 5.41 Å². The molecule has 0 aliphatic rings. The Bertz CT molecular complexity index is 261. The molecular formula is C20H45Cl2P2RuS. The summed E-state index contributed by atoms with van der Waals surface area (Å²) < 4.78 is 0. The fourth-order valence-corrected chi connectivity index (χ4v) is 13.1. The van der Waals surface area contributed by atoms with Gasteiger partial charge in [0.25, 0.3) is 0 Å².